The fourth-order valence-corrected chi connectivity index (χ4v) is 0.713. The minimum atomic E-state index is -0.0528. The first-order chi connectivity index (χ1) is 4.84. The van der Waals surface area contributed by atoms with Crippen molar-refractivity contribution in [1.29, 1.82) is 0 Å². The van der Waals surface area contributed by atoms with Crippen LogP contribution in [0.1, 0.15) is 18.6 Å². The third kappa shape index (κ3) is 1.52. The lowest BCUT2D eigenvalue weighted by atomic mass is 10.2. The molecule has 3 heteroatoms. The predicted molar refractivity (Wildman–Crippen MR) is 37.9 cm³/mol. The molecule has 0 saturated carbocycles. The fraction of sp³-hybridized carbons (Fsp3) is 0.286. The highest BCUT2D eigenvalue weighted by Gasteiger charge is 2.00. The number of aromatic nitrogens is 1. The van der Waals surface area contributed by atoms with Crippen LogP contribution in [0.2, 0.25) is 0 Å². The molecule has 1 rings (SSSR count). The molecule has 1 heterocycles. The maximum atomic E-state index is 4.98. The van der Waals surface area contributed by atoms with E-state index >= 15 is 0 Å². The zero-order chi connectivity index (χ0) is 7.40. The van der Waals surface area contributed by atoms with Gasteiger partial charge in [-0.15, -0.1) is 0 Å². The summed E-state index contributed by atoms with van der Waals surface area (Å²) in [5, 5.41) is 0. The van der Waals surface area contributed by atoms with Gasteiger partial charge >= 0.3 is 0 Å². The third-order valence-corrected chi connectivity index (χ3v) is 1.38. The monoisotopic (exact) mass is 138 g/mol. The molecule has 2 N–H and O–H groups in total. The van der Waals surface area contributed by atoms with Crippen molar-refractivity contribution in [2.45, 2.75) is 13.0 Å². The molecule has 1 aromatic heterocycles. The van der Waals surface area contributed by atoms with E-state index in [2.05, 4.69) is 9.82 Å². The molecule has 0 bridgehead atoms. The standard InChI is InChI=1S/C7H10N2O/c1-6(10-8)7-2-4-9-5-3-7/h2-6H,8H2,1H3/t6-/m0/s1. The summed E-state index contributed by atoms with van der Waals surface area (Å²) in [7, 11) is 0. The largest absolute Gasteiger partial charge is 0.297 e. The van der Waals surface area contributed by atoms with Crippen molar-refractivity contribution in [2.24, 2.45) is 5.90 Å². The Balaban J connectivity index is 2.75. The van der Waals surface area contributed by atoms with Crippen LogP contribution in [0, 0.1) is 0 Å². The lowest BCUT2D eigenvalue weighted by molar-refractivity contribution is 0.0663. The Labute approximate surface area is 59.8 Å². The van der Waals surface area contributed by atoms with Crippen LogP contribution in [-0.2, 0) is 4.84 Å². The summed E-state index contributed by atoms with van der Waals surface area (Å²) in [6.07, 6.45) is 3.37. The van der Waals surface area contributed by atoms with E-state index < -0.39 is 0 Å². The average Bonchev–Trinajstić information content (AvgIpc) is 2.05. The molecule has 10 heavy (non-hydrogen) atoms. The Morgan fingerprint density at radius 2 is 2.10 bits per heavy atom. The highest BCUT2D eigenvalue weighted by atomic mass is 16.6. The van der Waals surface area contributed by atoms with Crippen LogP contribution in [0.25, 0.3) is 0 Å². The van der Waals surface area contributed by atoms with Gasteiger partial charge < -0.3 is 0 Å². The van der Waals surface area contributed by atoms with Gasteiger partial charge in [-0.3, -0.25) is 9.82 Å². The van der Waals surface area contributed by atoms with E-state index in [1.54, 1.807) is 12.4 Å². The van der Waals surface area contributed by atoms with E-state index in [1.165, 1.54) is 0 Å². The van der Waals surface area contributed by atoms with E-state index in [-0.39, 0.29) is 6.10 Å². The maximum Gasteiger partial charge on any atom is 0.101 e. The first kappa shape index (κ1) is 7.18. The van der Waals surface area contributed by atoms with Gasteiger partial charge in [0.25, 0.3) is 0 Å². The Morgan fingerprint density at radius 3 is 2.60 bits per heavy atom. The third-order valence-electron chi connectivity index (χ3n) is 1.38. The zero-order valence-electron chi connectivity index (χ0n) is 5.82. The fourth-order valence-electron chi connectivity index (χ4n) is 0.713. The smallest absolute Gasteiger partial charge is 0.101 e. The van der Waals surface area contributed by atoms with Gasteiger partial charge in [-0.2, -0.15) is 0 Å². The summed E-state index contributed by atoms with van der Waals surface area (Å²) in [4.78, 5) is 8.47. The summed E-state index contributed by atoms with van der Waals surface area (Å²) in [5.41, 5.74) is 1.04. The normalized spacial score (nSPS) is 13.0. The van der Waals surface area contributed by atoms with Crippen molar-refractivity contribution in [3.05, 3.63) is 30.1 Å². The van der Waals surface area contributed by atoms with E-state index in [4.69, 9.17) is 5.90 Å². The highest BCUT2D eigenvalue weighted by Crippen LogP contribution is 2.11. The number of rotatable bonds is 2. The molecule has 0 fully saturated rings. The van der Waals surface area contributed by atoms with Gasteiger partial charge in [0, 0.05) is 12.4 Å². The molecule has 0 saturated heterocycles. The second kappa shape index (κ2) is 3.29. The molecule has 0 amide bonds. The SMILES string of the molecule is C[C@H](ON)c1ccncc1. The van der Waals surface area contributed by atoms with E-state index in [1.807, 2.05) is 19.1 Å². The molecule has 0 aliphatic heterocycles. The lowest BCUT2D eigenvalue weighted by Gasteiger charge is -2.06. The van der Waals surface area contributed by atoms with Crippen LogP contribution in [0.5, 0.6) is 0 Å². The Morgan fingerprint density at radius 1 is 1.50 bits per heavy atom. The number of nitrogens with zero attached hydrogens (tertiary/aromatic N) is 1. The summed E-state index contributed by atoms with van der Waals surface area (Å²) in [6.45, 7) is 1.88. The average molecular weight is 138 g/mol. The molecule has 1 aromatic rings. The van der Waals surface area contributed by atoms with Gasteiger partial charge in [0.15, 0.2) is 0 Å². The van der Waals surface area contributed by atoms with Crippen LogP contribution < -0.4 is 5.90 Å². The Bertz CT molecular complexity index is 188. The molecular formula is C7H10N2O. The second-order valence-corrected chi connectivity index (χ2v) is 2.06. The van der Waals surface area contributed by atoms with Gasteiger partial charge in [-0.1, -0.05) is 0 Å². The summed E-state index contributed by atoms with van der Waals surface area (Å²) in [5.74, 6) is 4.98. The first-order valence-electron chi connectivity index (χ1n) is 3.10. The van der Waals surface area contributed by atoms with Crippen molar-refractivity contribution >= 4 is 0 Å². The van der Waals surface area contributed by atoms with Crippen LogP contribution in [0.15, 0.2) is 24.5 Å². The molecule has 0 radical (unpaired) electrons. The van der Waals surface area contributed by atoms with Crippen LogP contribution in [0.3, 0.4) is 0 Å². The molecule has 1 atom stereocenters. The molecular weight excluding hydrogens is 128 g/mol. The van der Waals surface area contributed by atoms with Gasteiger partial charge in [-0.05, 0) is 24.6 Å². The Kier molecular flexibility index (Phi) is 2.36. The number of hydrogen-bond donors (Lipinski definition) is 1. The molecule has 54 valence electrons. The topological polar surface area (TPSA) is 48.1 Å². The minimum absolute atomic E-state index is 0.0528. The van der Waals surface area contributed by atoms with Gasteiger partial charge in [0.2, 0.25) is 0 Å². The van der Waals surface area contributed by atoms with E-state index in [0.717, 1.165) is 5.56 Å². The van der Waals surface area contributed by atoms with Crippen molar-refractivity contribution in [2.75, 3.05) is 0 Å². The Hall–Kier alpha value is -0.930. The number of nitrogens with two attached hydrogens (primary N) is 1. The summed E-state index contributed by atoms with van der Waals surface area (Å²) < 4.78 is 0. The van der Waals surface area contributed by atoms with E-state index in [9.17, 15) is 0 Å². The van der Waals surface area contributed by atoms with Crippen molar-refractivity contribution in [3.63, 3.8) is 0 Å². The second-order valence-electron chi connectivity index (χ2n) is 2.06. The molecule has 3 nitrogen and oxygen atoms in total. The highest BCUT2D eigenvalue weighted by molar-refractivity contribution is 5.11. The maximum absolute atomic E-state index is 4.98. The summed E-state index contributed by atoms with van der Waals surface area (Å²) >= 11 is 0. The van der Waals surface area contributed by atoms with Crippen LogP contribution in [0.4, 0.5) is 0 Å². The van der Waals surface area contributed by atoms with Crippen LogP contribution in [-0.4, -0.2) is 4.98 Å². The molecule has 0 aromatic carbocycles. The molecule has 0 unspecified atom stereocenters. The molecule has 0 aliphatic carbocycles. The van der Waals surface area contributed by atoms with Gasteiger partial charge in [-0.25, -0.2) is 5.90 Å². The van der Waals surface area contributed by atoms with Crippen molar-refractivity contribution < 1.29 is 4.84 Å². The van der Waals surface area contributed by atoms with Crippen LogP contribution >= 0.6 is 0 Å². The van der Waals surface area contributed by atoms with Gasteiger partial charge in [0.05, 0.1) is 0 Å². The number of hydrogen-bond acceptors (Lipinski definition) is 3. The van der Waals surface area contributed by atoms with E-state index in [0.29, 0.717) is 0 Å². The number of pyridine rings is 1. The van der Waals surface area contributed by atoms with Gasteiger partial charge in [0.1, 0.15) is 6.10 Å². The predicted octanol–water partition coefficient (Wildman–Crippen LogP) is 1.03. The summed E-state index contributed by atoms with van der Waals surface area (Å²) in [6, 6.07) is 3.75. The first-order valence-corrected chi connectivity index (χ1v) is 3.10. The molecule has 0 spiro atoms. The lowest BCUT2D eigenvalue weighted by Crippen LogP contribution is -2.04. The zero-order valence-corrected chi connectivity index (χ0v) is 5.82. The quantitative estimate of drug-likeness (QED) is 0.621. The molecule has 0 aliphatic rings. The minimum Gasteiger partial charge on any atom is -0.297 e. The van der Waals surface area contributed by atoms with Crippen molar-refractivity contribution in [3.8, 4) is 0 Å². The van der Waals surface area contributed by atoms with Crippen molar-refractivity contribution in [1.82, 2.24) is 4.98 Å².